The Kier molecular flexibility index (Phi) is 38.4. The molecule has 7 nitrogen and oxygen atoms in total. The number of carboxylic acid groups (broad SMARTS) is 1. The number of rotatable bonds is 40. The van der Waals surface area contributed by atoms with E-state index < -0.39 is 12.0 Å². The van der Waals surface area contributed by atoms with Crippen molar-refractivity contribution in [1.82, 2.24) is 5.32 Å². The Morgan fingerprint density at radius 1 is 0.558 bits per heavy atom. The van der Waals surface area contributed by atoms with Gasteiger partial charge in [0.05, 0.1) is 0 Å². The first kappa shape index (κ1) is 49.9. The number of hydrogen-bond donors (Lipinski definition) is 3. The minimum absolute atomic E-state index is 0.0941. The monoisotopic (exact) mass is 733 g/mol. The Bertz CT molecular complexity index is 874. The third-order valence-electron chi connectivity index (χ3n) is 9.97. The predicted octanol–water partition coefficient (Wildman–Crippen LogP) is 12.5. The molecule has 0 aromatic heterocycles. The van der Waals surface area contributed by atoms with Crippen molar-refractivity contribution in [2.75, 3.05) is 6.54 Å². The van der Waals surface area contributed by atoms with E-state index in [2.05, 4.69) is 43.5 Å². The molecule has 0 fully saturated rings. The molecule has 0 aromatic rings. The standard InChI is InChI=1S/C45H84N2O5/c1-3-5-7-9-10-11-12-13-14-15-16-17-18-19-20-21-22-23-24-25-26-27-33-39-44(49)52-41(35-30-8-6-4-2)36-31-28-29-32-38-43(48)47-42(45(50)51)37-34-40-46/h15-16,30,35,41-42H,3-14,17-29,31-34,36-40,46H2,1-2H3,(H,47,48)(H,50,51)/b16-15-,35-30-. The van der Waals surface area contributed by atoms with Gasteiger partial charge in [0.25, 0.3) is 0 Å². The molecule has 0 aliphatic rings. The molecule has 0 radical (unpaired) electrons. The lowest BCUT2D eigenvalue weighted by molar-refractivity contribution is -0.147. The summed E-state index contributed by atoms with van der Waals surface area (Å²) in [5.41, 5.74) is 5.47. The fraction of sp³-hybridized carbons (Fsp3) is 0.844. The van der Waals surface area contributed by atoms with Gasteiger partial charge in [-0.3, -0.25) is 9.59 Å². The van der Waals surface area contributed by atoms with Crippen LogP contribution in [-0.2, 0) is 19.1 Å². The van der Waals surface area contributed by atoms with Gasteiger partial charge in [0.2, 0.25) is 5.91 Å². The topological polar surface area (TPSA) is 119 Å². The molecule has 4 N–H and O–H groups in total. The number of amides is 1. The lowest BCUT2D eigenvalue weighted by atomic mass is 10.0. The van der Waals surface area contributed by atoms with E-state index in [-0.39, 0.29) is 18.0 Å². The van der Waals surface area contributed by atoms with Crippen LogP contribution in [0.5, 0.6) is 0 Å². The molecule has 52 heavy (non-hydrogen) atoms. The summed E-state index contributed by atoms with van der Waals surface area (Å²) in [5.74, 6) is -1.33. The van der Waals surface area contributed by atoms with Crippen LogP contribution in [0.3, 0.4) is 0 Å². The third kappa shape index (κ3) is 36.2. The van der Waals surface area contributed by atoms with Crippen molar-refractivity contribution < 1.29 is 24.2 Å². The van der Waals surface area contributed by atoms with E-state index in [1.54, 1.807) is 0 Å². The molecule has 2 atom stereocenters. The second-order valence-corrected chi connectivity index (χ2v) is 15.1. The van der Waals surface area contributed by atoms with Crippen LogP contribution < -0.4 is 11.1 Å². The molecule has 0 aliphatic carbocycles. The zero-order chi connectivity index (χ0) is 38.2. The Balaban J connectivity index is 3.87. The molecule has 0 bridgehead atoms. The van der Waals surface area contributed by atoms with Crippen molar-refractivity contribution in [3.8, 4) is 0 Å². The Morgan fingerprint density at radius 2 is 1.02 bits per heavy atom. The van der Waals surface area contributed by atoms with Crippen LogP contribution in [0.2, 0.25) is 0 Å². The molecule has 0 spiro atoms. The summed E-state index contributed by atoms with van der Waals surface area (Å²) in [6, 6.07) is -0.868. The molecular formula is C45H84N2O5. The first-order chi connectivity index (χ1) is 25.4. The highest BCUT2D eigenvalue weighted by atomic mass is 16.5. The molecule has 0 aromatic carbocycles. The van der Waals surface area contributed by atoms with E-state index in [9.17, 15) is 19.5 Å². The zero-order valence-corrected chi connectivity index (χ0v) is 34.2. The number of allylic oxidation sites excluding steroid dienone is 3. The van der Waals surface area contributed by atoms with Gasteiger partial charge in [-0.1, -0.05) is 160 Å². The molecule has 0 rings (SSSR count). The van der Waals surface area contributed by atoms with Crippen molar-refractivity contribution in [2.45, 2.75) is 238 Å². The number of nitrogens with two attached hydrogens (primary N) is 1. The number of aliphatic carboxylic acids is 1. The van der Waals surface area contributed by atoms with Gasteiger partial charge in [-0.15, -0.1) is 0 Å². The summed E-state index contributed by atoms with van der Waals surface area (Å²) in [6.07, 6.45) is 45.7. The van der Waals surface area contributed by atoms with Gasteiger partial charge in [-0.2, -0.15) is 0 Å². The highest BCUT2D eigenvalue weighted by Crippen LogP contribution is 2.16. The number of ether oxygens (including phenoxy) is 1. The van der Waals surface area contributed by atoms with Gasteiger partial charge in [0.15, 0.2) is 0 Å². The second kappa shape index (κ2) is 40.0. The average molecular weight is 733 g/mol. The third-order valence-corrected chi connectivity index (χ3v) is 9.97. The predicted molar refractivity (Wildman–Crippen MR) is 220 cm³/mol. The van der Waals surface area contributed by atoms with Crippen LogP contribution in [0, 0.1) is 0 Å². The van der Waals surface area contributed by atoms with Gasteiger partial charge in [0.1, 0.15) is 12.1 Å². The van der Waals surface area contributed by atoms with E-state index in [1.165, 1.54) is 122 Å². The van der Waals surface area contributed by atoms with E-state index in [0.717, 1.165) is 57.8 Å². The second-order valence-electron chi connectivity index (χ2n) is 15.1. The fourth-order valence-electron chi connectivity index (χ4n) is 6.58. The van der Waals surface area contributed by atoms with Crippen molar-refractivity contribution in [3.63, 3.8) is 0 Å². The van der Waals surface area contributed by atoms with E-state index in [1.807, 2.05) is 0 Å². The molecule has 0 aliphatic heterocycles. The summed E-state index contributed by atoms with van der Waals surface area (Å²) < 4.78 is 5.87. The van der Waals surface area contributed by atoms with Gasteiger partial charge in [-0.05, 0) is 83.2 Å². The van der Waals surface area contributed by atoms with Gasteiger partial charge in [0, 0.05) is 12.8 Å². The molecule has 1 amide bonds. The lowest BCUT2D eigenvalue weighted by Gasteiger charge is -2.15. The van der Waals surface area contributed by atoms with Crippen LogP contribution in [0.25, 0.3) is 0 Å². The van der Waals surface area contributed by atoms with Crippen LogP contribution in [0.15, 0.2) is 24.3 Å². The molecule has 304 valence electrons. The van der Waals surface area contributed by atoms with Crippen LogP contribution in [0.1, 0.15) is 226 Å². The summed E-state index contributed by atoms with van der Waals surface area (Å²) >= 11 is 0. The minimum atomic E-state index is -1.01. The summed E-state index contributed by atoms with van der Waals surface area (Å²) in [6.45, 7) is 4.86. The Labute approximate surface area is 321 Å². The van der Waals surface area contributed by atoms with Crippen molar-refractivity contribution in [1.29, 1.82) is 0 Å². The Morgan fingerprint density at radius 3 is 1.54 bits per heavy atom. The molecule has 2 unspecified atom stereocenters. The number of esters is 1. The van der Waals surface area contributed by atoms with E-state index in [4.69, 9.17) is 10.5 Å². The molecule has 0 heterocycles. The fourth-order valence-corrected chi connectivity index (χ4v) is 6.58. The summed E-state index contributed by atoms with van der Waals surface area (Å²) in [4.78, 5) is 36.1. The van der Waals surface area contributed by atoms with Crippen molar-refractivity contribution in [3.05, 3.63) is 24.3 Å². The quantitative estimate of drug-likeness (QED) is 0.0328. The largest absolute Gasteiger partial charge is 0.480 e. The van der Waals surface area contributed by atoms with Gasteiger partial charge >= 0.3 is 11.9 Å². The van der Waals surface area contributed by atoms with Crippen LogP contribution in [-0.4, -0.2) is 41.6 Å². The smallest absolute Gasteiger partial charge is 0.326 e. The number of carbonyl (C=O) groups is 3. The zero-order valence-electron chi connectivity index (χ0n) is 34.2. The number of carbonyl (C=O) groups excluding carboxylic acids is 2. The average Bonchev–Trinajstić information content (AvgIpc) is 3.13. The highest BCUT2D eigenvalue weighted by Gasteiger charge is 2.19. The van der Waals surface area contributed by atoms with Crippen molar-refractivity contribution >= 4 is 17.8 Å². The molecular weight excluding hydrogens is 649 g/mol. The minimum Gasteiger partial charge on any atom is -0.480 e. The number of carboxylic acids is 1. The number of hydrogen-bond acceptors (Lipinski definition) is 5. The maximum Gasteiger partial charge on any atom is 0.326 e. The maximum absolute atomic E-state index is 12.6. The summed E-state index contributed by atoms with van der Waals surface area (Å²) in [7, 11) is 0. The van der Waals surface area contributed by atoms with Gasteiger partial charge < -0.3 is 20.9 Å². The number of unbranched alkanes of at least 4 members (excludes halogenated alkanes) is 24. The SMILES string of the molecule is CCCC/C=C\C(CCCCCCC(=O)NC(CCCN)C(=O)O)OC(=O)CCCCCCCCCCCCC/C=C\CCCCCCCCCC. The molecule has 0 saturated heterocycles. The summed E-state index contributed by atoms with van der Waals surface area (Å²) in [5, 5.41) is 11.9. The first-order valence-electron chi connectivity index (χ1n) is 22.2. The molecule has 7 heteroatoms. The highest BCUT2D eigenvalue weighted by molar-refractivity contribution is 5.83. The first-order valence-corrected chi connectivity index (χ1v) is 22.2. The Hall–Kier alpha value is -2.15. The van der Waals surface area contributed by atoms with Gasteiger partial charge in [-0.25, -0.2) is 4.79 Å². The normalized spacial score (nSPS) is 12.8. The molecule has 0 saturated carbocycles. The number of nitrogens with one attached hydrogen (secondary N) is 1. The van der Waals surface area contributed by atoms with Crippen molar-refractivity contribution in [2.24, 2.45) is 5.73 Å². The lowest BCUT2D eigenvalue weighted by Crippen LogP contribution is -2.40. The van der Waals surface area contributed by atoms with E-state index >= 15 is 0 Å². The maximum atomic E-state index is 12.6. The van der Waals surface area contributed by atoms with Crippen LogP contribution >= 0.6 is 0 Å². The van der Waals surface area contributed by atoms with Crippen LogP contribution in [0.4, 0.5) is 0 Å². The van der Waals surface area contributed by atoms with E-state index in [0.29, 0.717) is 38.6 Å².